The van der Waals surface area contributed by atoms with Crippen LogP contribution in [0.1, 0.15) is 25.0 Å². The number of aliphatic carboxylic acids is 2. The average molecular weight is 530 g/mol. The van der Waals surface area contributed by atoms with Gasteiger partial charge in [0.05, 0.1) is 6.33 Å². The van der Waals surface area contributed by atoms with Crippen molar-refractivity contribution in [3.05, 3.63) is 18.2 Å². The Kier molecular flexibility index (Phi) is 13.1. The van der Waals surface area contributed by atoms with E-state index in [1.54, 1.807) is 11.6 Å². The molecule has 16 heteroatoms. The second-order valence-electron chi connectivity index (χ2n) is 7.70. The van der Waals surface area contributed by atoms with Crippen LogP contribution in [0.15, 0.2) is 12.5 Å². The minimum absolute atomic E-state index is 0.00537. The van der Waals surface area contributed by atoms with Crippen LogP contribution in [-0.2, 0) is 42.2 Å². The first-order valence-electron chi connectivity index (χ1n) is 10.8. The molecule has 1 aromatic rings. The van der Waals surface area contributed by atoms with Crippen LogP contribution in [0.4, 0.5) is 0 Å². The molecular formula is C20H31N7O8S. The molecular weight excluding hydrogens is 498 g/mol. The number of carboxylic acid groups (broad SMARTS) is 2. The van der Waals surface area contributed by atoms with Gasteiger partial charge >= 0.3 is 11.9 Å². The Labute approximate surface area is 210 Å². The van der Waals surface area contributed by atoms with E-state index in [4.69, 9.17) is 21.7 Å². The van der Waals surface area contributed by atoms with Crippen LogP contribution in [0.5, 0.6) is 0 Å². The predicted molar refractivity (Wildman–Crippen MR) is 127 cm³/mol. The molecule has 1 heterocycles. The van der Waals surface area contributed by atoms with Crippen LogP contribution in [0, 0.1) is 0 Å². The fraction of sp³-hybridized carbons (Fsp3) is 0.550. The van der Waals surface area contributed by atoms with Gasteiger partial charge in [-0.15, -0.1) is 0 Å². The summed E-state index contributed by atoms with van der Waals surface area (Å²) in [6, 6.07) is -3.59. The van der Waals surface area contributed by atoms with Crippen molar-refractivity contribution in [2.24, 2.45) is 18.5 Å². The molecule has 15 nitrogen and oxygen atoms in total. The van der Waals surface area contributed by atoms with E-state index in [0.717, 1.165) is 0 Å². The highest BCUT2D eigenvalue weighted by molar-refractivity contribution is 8.13. The summed E-state index contributed by atoms with van der Waals surface area (Å²) in [4.78, 5) is 75.3. The first-order valence-corrected chi connectivity index (χ1v) is 11.8. The molecule has 200 valence electrons. The molecule has 0 radical (unpaired) electrons. The van der Waals surface area contributed by atoms with Crippen LogP contribution in [0.3, 0.4) is 0 Å². The maximum Gasteiger partial charge on any atom is 0.322 e. The number of aryl methyl sites for hydroxylation is 1. The molecule has 0 aliphatic rings. The number of carbonyl (C=O) groups is 6. The van der Waals surface area contributed by atoms with Gasteiger partial charge in [0.25, 0.3) is 0 Å². The fourth-order valence-electron chi connectivity index (χ4n) is 2.79. The van der Waals surface area contributed by atoms with Crippen molar-refractivity contribution in [2.75, 3.05) is 18.8 Å². The van der Waals surface area contributed by atoms with Gasteiger partial charge in [0.15, 0.2) is 0 Å². The Balaban J connectivity index is 2.90. The molecule has 0 fully saturated rings. The van der Waals surface area contributed by atoms with Gasteiger partial charge in [-0.2, -0.15) is 0 Å². The number of carboxylic acids is 2. The van der Waals surface area contributed by atoms with Crippen LogP contribution in [-0.4, -0.2) is 91.5 Å². The normalized spacial score (nSPS) is 13.2. The number of imidazole rings is 1. The number of nitrogens with one attached hydrogen (secondary N) is 3. The number of thioether (sulfide) groups is 1. The SMILES string of the molecule is Cn1cncc1C[C@H](NC(=O)CCN)C(=O)SCC(NC(=O)CCC(N)C(=O)O)C(=O)NCC(=O)O. The quantitative estimate of drug-likeness (QED) is 0.113. The Morgan fingerprint density at radius 3 is 2.28 bits per heavy atom. The number of amides is 3. The third-order valence-electron chi connectivity index (χ3n) is 4.78. The molecule has 0 saturated carbocycles. The highest BCUT2D eigenvalue weighted by Crippen LogP contribution is 2.13. The third-order valence-corrected chi connectivity index (χ3v) is 5.85. The molecule has 0 bridgehead atoms. The van der Waals surface area contributed by atoms with E-state index in [2.05, 4.69) is 20.9 Å². The van der Waals surface area contributed by atoms with Gasteiger partial charge in [-0.1, -0.05) is 11.8 Å². The molecule has 0 saturated heterocycles. The first-order chi connectivity index (χ1) is 16.9. The summed E-state index contributed by atoms with van der Waals surface area (Å²) >= 11 is 0.658. The van der Waals surface area contributed by atoms with E-state index in [1.165, 1.54) is 12.5 Å². The molecule has 1 rings (SSSR count). The average Bonchev–Trinajstić information content (AvgIpc) is 3.22. The molecule has 9 N–H and O–H groups in total. The number of hydrogen-bond donors (Lipinski definition) is 7. The lowest BCUT2D eigenvalue weighted by Crippen LogP contribution is -2.50. The van der Waals surface area contributed by atoms with E-state index in [-0.39, 0.29) is 38.0 Å². The lowest BCUT2D eigenvalue weighted by molar-refractivity contribution is -0.139. The van der Waals surface area contributed by atoms with Crippen molar-refractivity contribution < 1.29 is 39.0 Å². The van der Waals surface area contributed by atoms with Gasteiger partial charge in [0.1, 0.15) is 24.7 Å². The Bertz CT molecular complexity index is 954. The van der Waals surface area contributed by atoms with E-state index in [0.29, 0.717) is 17.5 Å². The van der Waals surface area contributed by atoms with Crippen molar-refractivity contribution >= 4 is 46.5 Å². The first kappa shape index (κ1) is 30.5. The molecule has 36 heavy (non-hydrogen) atoms. The van der Waals surface area contributed by atoms with Crippen molar-refractivity contribution in [1.29, 1.82) is 0 Å². The van der Waals surface area contributed by atoms with Crippen molar-refractivity contribution in [3.63, 3.8) is 0 Å². The molecule has 0 spiro atoms. The highest BCUT2D eigenvalue weighted by atomic mass is 32.2. The standard InChI is InChI=1S/C20H31N7O8S/c1-27-10-23-7-11(27)6-13(25-16(29)4-5-21)20(35)36-9-14(18(32)24-8-17(30)31)26-15(28)3-2-12(22)19(33)34/h7,10,12-14H,2-6,8-9,21-22H2,1H3,(H,24,32)(H,25,29)(H,26,28)(H,30,31)(H,33,34)/t12?,13-,14?/m0/s1. The topological polar surface area (TPSA) is 249 Å². The zero-order valence-corrected chi connectivity index (χ0v) is 20.5. The largest absolute Gasteiger partial charge is 0.480 e. The van der Waals surface area contributed by atoms with E-state index in [9.17, 15) is 28.8 Å². The van der Waals surface area contributed by atoms with E-state index < -0.39 is 59.4 Å². The summed E-state index contributed by atoms with van der Waals surface area (Å²) in [6.45, 7) is -0.638. The summed E-state index contributed by atoms with van der Waals surface area (Å²) < 4.78 is 1.67. The van der Waals surface area contributed by atoms with E-state index >= 15 is 0 Å². The number of aromatic nitrogens is 2. The van der Waals surface area contributed by atoms with Crippen molar-refractivity contribution in [2.45, 2.75) is 43.8 Å². The summed E-state index contributed by atoms with van der Waals surface area (Å²) in [5, 5.41) is 24.2. The summed E-state index contributed by atoms with van der Waals surface area (Å²) in [5.41, 5.74) is 11.4. The summed E-state index contributed by atoms with van der Waals surface area (Å²) in [6.07, 6.45) is 2.65. The Hall–Kier alpha value is -3.50. The minimum Gasteiger partial charge on any atom is -0.480 e. The van der Waals surface area contributed by atoms with Crippen molar-refractivity contribution in [1.82, 2.24) is 25.5 Å². The molecule has 0 aliphatic heterocycles. The number of hydrogen-bond acceptors (Lipinski definition) is 10. The third kappa shape index (κ3) is 11.3. The monoisotopic (exact) mass is 529 g/mol. The van der Waals surface area contributed by atoms with Gasteiger partial charge in [-0.3, -0.25) is 28.8 Å². The zero-order valence-electron chi connectivity index (χ0n) is 19.6. The van der Waals surface area contributed by atoms with Gasteiger partial charge < -0.3 is 42.2 Å². The molecule has 3 atom stereocenters. The molecule has 0 aliphatic carbocycles. The number of nitrogens with two attached hydrogens (primary N) is 2. The van der Waals surface area contributed by atoms with Gasteiger partial charge in [-0.05, 0) is 6.42 Å². The number of rotatable bonds is 16. The number of nitrogens with zero attached hydrogens (tertiary/aromatic N) is 2. The van der Waals surface area contributed by atoms with Gasteiger partial charge in [0.2, 0.25) is 22.8 Å². The fourth-order valence-corrected chi connectivity index (χ4v) is 3.70. The van der Waals surface area contributed by atoms with Crippen LogP contribution in [0.25, 0.3) is 0 Å². The Morgan fingerprint density at radius 1 is 1.08 bits per heavy atom. The lowest BCUT2D eigenvalue weighted by Gasteiger charge is -2.20. The maximum atomic E-state index is 13.0. The molecule has 0 aromatic carbocycles. The number of carbonyl (C=O) groups excluding carboxylic acids is 4. The minimum atomic E-state index is -1.32. The second-order valence-corrected chi connectivity index (χ2v) is 8.73. The van der Waals surface area contributed by atoms with E-state index in [1.807, 2.05) is 0 Å². The Morgan fingerprint density at radius 2 is 1.72 bits per heavy atom. The van der Waals surface area contributed by atoms with Crippen LogP contribution < -0.4 is 27.4 Å². The van der Waals surface area contributed by atoms with Crippen LogP contribution in [0.2, 0.25) is 0 Å². The molecule has 3 amide bonds. The molecule has 2 unspecified atom stereocenters. The van der Waals surface area contributed by atoms with Gasteiger partial charge in [-0.25, -0.2) is 4.98 Å². The summed E-state index contributed by atoms with van der Waals surface area (Å²) in [5.74, 6) is -4.91. The highest BCUT2D eigenvalue weighted by Gasteiger charge is 2.27. The summed E-state index contributed by atoms with van der Waals surface area (Å²) in [7, 11) is 1.72. The lowest BCUT2D eigenvalue weighted by atomic mass is 10.1. The van der Waals surface area contributed by atoms with Crippen molar-refractivity contribution in [3.8, 4) is 0 Å². The van der Waals surface area contributed by atoms with Gasteiger partial charge in [0, 0.05) is 50.5 Å². The van der Waals surface area contributed by atoms with Crippen LogP contribution >= 0.6 is 11.8 Å². The zero-order chi connectivity index (χ0) is 27.3. The maximum absolute atomic E-state index is 13.0. The second kappa shape index (κ2) is 15.5. The predicted octanol–water partition coefficient (Wildman–Crippen LogP) is -3.07. The molecule has 1 aromatic heterocycles. The smallest absolute Gasteiger partial charge is 0.322 e.